The van der Waals surface area contributed by atoms with E-state index in [1.165, 1.54) is 18.4 Å². The maximum Gasteiger partial charge on any atom is 0.309 e. The van der Waals surface area contributed by atoms with E-state index in [9.17, 15) is 4.79 Å². The predicted octanol–water partition coefficient (Wildman–Crippen LogP) is 3.82. The summed E-state index contributed by atoms with van der Waals surface area (Å²) < 4.78 is 5.64. The van der Waals surface area contributed by atoms with E-state index in [0.29, 0.717) is 24.4 Å². The number of hydrogen-bond acceptors (Lipinski definition) is 4. The van der Waals surface area contributed by atoms with Crippen LogP contribution < -0.4 is 0 Å². The minimum Gasteiger partial charge on any atom is -0.465 e. The first kappa shape index (κ1) is 16.7. The number of ether oxygens (including phenoxy) is 1. The van der Waals surface area contributed by atoms with Gasteiger partial charge >= 0.3 is 5.97 Å². The topological polar surface area (TPSA) is 52.1 Å². The average molecular weight is 340 g/mol. The molecule has 2 bridgehead atoms. The van der Waals surface area contributed by atoms with Crippen molar-refractivity contribution in [1.82, 2.24) is 9.97 Å². The van der Waals surface area contributed by atoms with Crippen molar-refractivity contribution in [2.45, 2.75) is 59.3 Å². The maximum absolute atomic E-state index is 12.5. The number of allylic oxidation sites excluding steroid dienone is 1. The van der Waals surface area contributed by atoms with Crippen molar-refractivity contribution in [2.75, 3.05) is 6.61 Å². The highest BCUT2D eigenvalue weighted by atomic mass is 16.5. The van der Waals surface area contributed by atoms with E-state index in [-0.39, 0.29) is 11.9 Å². The fraction of sp³-hybridized carbons (Fsp3) is 0.667. The Kier molecular flexibility index (Phi) is 4.17. The standard InChI is InChI=1S/C21H28N2O2/c1-13-22-12-16-10-15(5-7-19(16)23-13)20(24)25-9-8-14-4-6-17-11-18(14)21(17,2)3/h4,12,15,17-18H,5-11H2,1-3H3/t15?,17-,18-/m0/s1. The maximum atomic E-state index is 12.5. The SMILES string of the molecule is Cc1ncc2c(n1)CCC(C(=O)OCCC1=CC[C@H]3C[C@@H]1C3(C)C)C2. The zero-order valence-corrected chi connectivity index (χ0v) is 15.5. The van der Waals surface area contributed by atoms with Gasteiger partial charge in [-0.3, -0.25) is 4.79 Å². The molecule has 4 heteroatoms. The lowest BCUT2D eigenvalue weighted by Gasteiger charge is -2.56. The van der Waals surface area contributed by atoms with E-state index in [4.69, 9.17) is 4.74 Å². The van der Waals surface area contributed by atoms with Crippen molar-refractivity contribution >= 4 is 5.97 Å². The monoisotopic (exact) mass is 340 g/mol. The fourth-order valence-corrected chi connectivity index (χ4v) is 4.95. The van der Waals surface area contributed by atoms with Gasteiger partial charge in [-0.2, -0.15) is 0 Å². The zero-order valence-electron chi connectivity index (χ0n) is 15.5. The molecule has 1 unspecified atom stereocenters. The molecule has 4 nitrogen and oxygen atoms in total. The van der Waals surface area contributed by atoms with Crippen LogP contribution in [-0.2, 0) is 22.4 Å². The first-order valence-corrected chi connectivity index (χ1v) is 9.62. The Morgan fingerprint density at radius 3 is 3.00 bits per heavy atom. The Labute approximate surface area is 150 Å². The Bertz CT molecular complexity index is 723. The van der Waals surface area contributed by atoms with Crippen LogP contribution in [0, 0.1) is 30.1 Å². The number of esters is 1. The van der Waals surface area contributed by atoms with E-state index in [1.807, 2.05) is 13.1 Å². The van der Waals surface area contributed by atoms with Gasteiger partial charge in [-0.25, -0.2) is 9.97 Å². The molecule has 0 aromatic carbocycles. The summed E-state index contributed by atoms with van der Waals surface area (Å²) in [6.45, 7) is 7.20. The number of fused-ring (bicyclic) bond motifs is 2. The fourth-order valence-electron chi connectivity index (χ4n) is 4.95. The van der Waals surface area contributed by atoms with Crippen LogP contribution in [0.1, 0.15) is 56.6 Å². The second-order valence-electron chi connectivity index (χ2n) is 8.57. The van der Waals surface area contributed by atoms with Crippen molar-refractivity contribution in [1.29, 1.82) is 0 Å². The van der Waals surface area contributed by atoms with E-state index in [0.717, 1.165) is 42.3 Å². The quantitative estimate of drug-likeness (QED) is 0.618. The van der Waals surface area contributed by atoms with Gasteiger partial charge in [-0.05, 0) is 61.8 Å². The number of aryl methyl sites for hydroxylation is 2. The van der Waals surface area contributed by atoms with Crippen LogP contribution >= 0.6 is 0 Å². The van der Waals surface area contributed by atoms with Crippen molar-refractivity contribution in [3.63, 3.8) is 0 Å². The Hall–Kier alpha value is -1.71. The highest BCUT2D eigenvalue weighted by Gasteiger charge is 2.50. The summed E-state index contributed by atoms with van der Waals surface area (Å²) in [6.07, 6.45) is 10.1. The molecule has 0 spiro atoms. The summed E-state index contributed by atoms with van der Waals surface area (Å²) in [6, 6.07) is 0. The number of nitrogens with zero attached hydrogens (tertiary/aromatic N) is 2. The normalized spacial score (nSPS) is 29.2. The van der Waals surface area contributed by atoms with Gasteiger partial charge in [0.25, 0.3) is 0 Å². The van der Waals surface area contributed by atoms with Crippen molar-refractivity contribution in [2.24, 2.45) is 23.2 Å². The molecule has 1 heterocycles. The molecule has 134 valence electrons. The second kappa shape index (κ2) is 6.22. The van der Waals surface area contributed by atoms with Gasteiger partial charge in [0.1, 0.15) is 5.82 Å². The molecular formula is C21H28N2O2. The van der Waals surface area contributed by atoms with Crippen LogP contribution in [0.25, 0.3) is 0 Å². The van der Waals surface area contributed by atoms with Gasteiger partial charge < -0.3 is 4.74 Å². The summed E-state index contributed by atoms with van der Waals surface area (Å²) in [5.41, 5.74) is 4.17. The summed E-state index contributed by atoms with van der Waals surface area (Å²) in [5.74, 6) is 2.28. The summed E-state index contributed by atoms with van der Waals surface area (Å²) in [7, 11) is 0. The predicted molar refractivity (Wildman–Crippen MR) is 95.9 cm³/mol. The highest BCUT2D eigenvalue weighted by Crippen LogP contribution is 2.59. The minimum atomic E-state index is -0.0478. The lowest BCUT2D eigenvalue weighted by atomic mass is 9.48. The molecule has 0 amide bonds. The molecule has 1 saturated carbocycles. The molecular weight excluding hydrogens is 312 g/mol. The summed E-state index contributed by atoms with van der Waals surface area (Å²) in [5, 5.41) is 0. The molecule has 3 atom stereocenters. The number of rotatable bonds is 4. The molecule has 25 heavy (non-hydrogen) atoms. The van der Waals surface area contributed by atoms with E-state index in [2.05, 4.69) is 29.9 Å². The first-order chi connectivity index (χ1) is 11.9. The van der Waals surface area contributed by atoms with Crippen LogP contribution in [0.5, 0.6) is 0 Å². The average Bonchev–Trinajstić information content (AvgIpc) is 2.61. The Balaban J connectivity index is 1.29. The van der Waals surface area contributed by atoms with E-state index < -0.39 is 0 Å². The molecule has 5 rings (SSSR count). The Morgan fingerprint density at radius 2 is 2.24 bits per heavy atom. The second-order valence-corrected chi connectivity index (χ2v) is 8.57. The lowest BCUT2D eigenvalue weighted by molar-refractivity contribution is -0.149. The third-order valence-corrected chi connectivity index (χ3v) is 6.82. The van der Waals surface area contributed by atoms with Gasteiger partial charge in [-0.1, -0.05) is 25.5 Å². The van der Waals surface area contributed by atoms with Gasteiger partial charge in [0, 0.05) is 18.3 Å². The molecule has 0 radical (unpaired) electrons. The van der Waals surface area contributed by atoms with Crippen LogP contribution in [0.15, 0.2) is 17.8 Å². The lowest BCUT2D eigenvalue weighted by Crippen LogP contribution is -2.48. The van der Waals surface area contributed by atoms with Crippen LogP contribution in [0.2, 0.25) is 0 Å². The third kappa shape index (κ3) is 3.00. The largest absolute Gasteiger partial charge is 0.465 e. The first-order valence-electron chi connectivity index (χ1n) is 9.62. The highest BCUT2D eigenvalue weighted by molar-refractivity contribution is 5.73. The molecule has 1 fully saturated rings. The number of aromatic nitrogens is 2. The van der Waals surface area contributed by atoms with Gasteiger partial charge in [0.2, 0.25) is 0 Å². The summed E-state index contributed by atoms with van der Waals surface area (Å²) in [4.78, 5) is 21.2. The van der Waals surface area contributed by atoms with Gasteiger partial charge in [0.15, 0.2) is 0 Å². The van der Waals surface area contributed by atoms with Crippen LogP contribution in [0.3, 0.4) is 0 Å². The zero-order chi connectivity index (χ0) is 17.6. The van der Waals surface area contributed by atoms with Crippen molar-refractivity contribution in [3.8, 4) is 0 Å². The van der Waals surface area contributed by atoms with E-state index in [1.54, 1.807) is 0 Å². The van der Waals surface area contributed by atoms with Gasteiger partial charge in [0.05, 0.1) is 12.5 Å². The molecule has 4 aliphatic rings. The van der Waals surface area contributed by atoms with Crippen LogP contribution in [-0.4, -0.2) is 22.5 Å². The minimum absolute atomic E-state index is 0.0383. The Morgan fingerprint density at radius 1 is 1.40 bits per heavy atom. The van der Waals surface area contributed by atoms with Gasteiger partial charge in [-0.15, -0.1) is 0 Å². The number of carbonyl (C=O) groups excluding carboxylic acids is 1. The number of carbonyl (C=O) groups is 1. The molecule has 0 aliphatic heterocycles. The molecule has 0 saturated heterocycles. The number of hydrogen-bond donors (Lipinski definition) is 0. The molecule has 1 aromatic rings. The van der Waals surface area contributed by atoms with Crippen molar-refractivity contribution in [3.05, 3.63) is 34.9 Å². The molecule has 1 aromatic heterocycles. The molecule has 4 aliphatic carbocycles. The van der Waals surface area contributed by atoms with E-state index >= 15 is 0 Å². The van der Waals surface area contributed by atoms with Crippen molar-refractivity contribution < 1.29 is 9.53 Å². The summed E-state index contributed by atoms with van der Waals surface area (Å²) >= 11 is 0. The van der Waals surface area contributed by atoms with Crippen LogP contribution in [0.4, 0.5) is 0 Å². The smallest absolute Gasteiger partial charge is 0.309 e. The molecule has 0 N–H and O–H groups in total. The third-order valence-electron chi connectivity index (χ3n) is 6.82.